The molecule has 0 bridgehead atoms. The fourth-order valence-corrected chi connectivity index (χ4v) is 2.07. The summed E-state index contributed by atoms with van der Waals surface area (Å²) in [5, 5.41) is 27.2. The smallest absolute Gasteiger partial charge is 0.145 e. The zero-order valence-electron chi connectivity index (χ0n) is 11.4. The number of fused-ring (bicyclic) bond motifs is 1. The molecule has 3 aromatic rings. The van der Waals surface area contributed by atoms with Gasteiger partial charge in [0.15, 0.2) is 0 Å². The molecule has 0 aliphatic rings. The van der Waals surface area contributed by atoms with Crippen molar-refractivity contribution in [3.8, 4) is 5.75 Å². The summed E-state index contributed by atoms with van der Waals surface area (Å²) in [5.74, 6) is 0.0367. The second-order valence-corrected chi connectivity index (χ2v) is 4.69. The maximum absolute atomic E-state index is 10.0. The Morgan fingerprint density at radius 1 is 1.33 bits per heavy atom. The van der Waals surface area contributed by atoms with Gasteiger partial charge in [-0.15, -0.1) is 0 Å². The van der Waals surface area contributed by atoms with E-state index in [1.165, 1.54) is 12.4 Å². The fourth-order valence-electron chi connectivity index (χ4n) is 2.07. The van der Waals surface area contributed by atoms with Crippen LogP contribution in [-0.2, 0) is 6.61 Å². The van der Waals surface area contributed by atoms with Crippen molar-refractivity contribution in [2.24, 2.45) is 4.99 Å². The molecule has 0 radical (unpaired) electrons. The van der Waals surface area contributed by atoms with E-state index in [2.05, 4.69) is 20.2 Å². The van der Waals surface area contributed by atoms with Crippen molar-refractivity contribution in [2.45, 2.75) is 13.5 Å². The van der Waals surface area contributed by atoms with Crippen molar-refractivity contribution in [3.63, 3.8) is 0 Å². The average Bonchev–Trinajstić information content (AvgIpc) is 2.96. The first-order chi connectivity index (χ1) is 10.2. The summed E-state index contributed by atoms with van der Waals surface area (Å²) < 4.78 is 0. The number of benzene rings is 1. The van der Waals surface area contributed by atoms with Gasteiger partial charge in [-0.05, 0) is 25.1 Å². The molecule has 0 saturated carbocycles. The number of aliphatic imine (C=N–C) groups is 1. The Hall–Kier alpha value is -2.73. The van der Waals surface area contributed by atoms with Gasteiger partial charge in [0.2, 0.25) is 0 Å². The summed E-state index contributed by atoms with van der Waals surface area (Å²) in [4.78, 5) is 8.37. The van der Waals surface area contributed by atoms with Crippen LogP contribution in [0, 0.1) is 6.92 Å². The van der Waals surface area contributed by atoms with Crippen LogP contribution >= 0.6 is 0 Å². The molecule has 0 amide bonds. The molecule has 0 unspecified atom stereocenters. The van der Waals surface area contributed by atoms with E-state index in [9.17, 15) is 10.2 Å². The van der Waals surface area contributed by atoms with Gasteiger partial charge in [0.1, 0.15) is 5.75 Å². The third-order valence-corrected chi connectivity index (χ3v) is 3.29. The van der Waals surface area contributed by atoms with Gasteiger partial charge in [-0.25, -0.2) is 0 Å². The Labute approximate surface area is 120 Å². The molecule has 0 spiro atoms. The van der Waals surface area contributed by atoms with Gasteiger partial charge >= 0.3 is 0 Å². The van der Waals surface area contributed by atoms with Crippen LogP contribution in [0.3, 0.4) is 0 Å². The number of nitrogens with one attached hydrogen (secondary N) is 1. The highest BCUT2D eigenvalue weighted by Gasteiger charge is 2.09. The predicted molar refractivity (Wildman–Crippen MR) is 79.9 cm³/mol. The number of aromatic amines is 1. The first kappa shape index (κ1) is 13.3. The second kappa shape index (κ2) is 5.34. The second-order valence-electron chi connectivity index (χ2n) is 4.69. The lowest BCUT2D eigenvalue weighted by molar-refractivity contribution is 0.280. The number of aromatic hydroxyl groups is 1. The molecule has 3 N–H and O–H groups in total. The van der Waals surface area contributed by atoms with E-state index in [-0.39, 0.29) is 12.4 Å². The molecule has 2 aromatic heterocycles. The minimum absolute atomic E-state index is 0.0367. The van der Waals surface area contributed by atoms with E-state index in [4.69, 9.17) is 0 Å². The maximum Gasteiger partial charge on any atom is 0.145 e. The van der Waals surface area contributed by atoms with Gasteiger partial charge in [0, 0.05) is 28.9 Å². The van der Waals surface area contributed by atoms with Gasteiger partial charge in [0.05, 0.1) is 29.7 Å². The van der Waals surface area contributed by atoms with Crippen LogP contribution < -0.4 is 0 Å². The average molecular weight is 282 g/mol. The topological polar surface area (TPSA) is 94.4 Å². The van der Waals surface area contributed by atoms with Gasteiger partial charge in [0.25, 0.3) is 0 Å². The molecule has 2 heterocycles. The van der Waals surface area contributed by atoms with Crippen molar-refractivity contribution in [3.05, 3.63) is 47.4 Å². The number of pyridine rings is 1. The number of aliphatic hydroxyl groups is 1. The molecule has 1 aromatic carbocycles. The van der Waals surface area contributed by atoms with Crippen molar-refractivity contribution in [1.82, 2.24) is 15.2 Å². The quantitative estimate of drug-likeness (QED) is 0.642. The number of aryl methyl sites for hydroxylation is 1. The van der Waals surface area contributed by atoms with Crippen LogP contribution in [-0.4, -0.2) is 31.6 Å². The molecule has 6 heteroatoms. The molecular formula is C15H14N4O2. The minimum Gasteiger partial charge on any atom is -0.505 e. The largest absolute Gasteiger partial charge is 0.505 e. The van der Waals surface area contributed by atoms with Crippen LogP contribution in [0.1, 0.15) is 16.8 Å². The lowest BCUT2D eigenvalue weighted by Crippen LogP contribution is -1.97. The highest BCUT2D eigenvalue weighted by Crippen LogP contribution is 2.24. The van der Waals surface area contributed by atoms with Crippen molar-refractivity contribution in [2.75, 3.05) is 0 Å². The highest BCUT2D eigenvalue weighted by atomic mass is 16.3. The molecule has 106 valence electrons. The summed E-state index contributed by atoms with van der Waals surface area (Å²) in [6.07, 6.45) is 4.80. The van der Waals surface area contributed by atoms with Crippen molar-refractivity contribution in [1.29, 1.82) is 0 Å². The zero-order chi connectivity index (χ0) is 14.8. The molecule has 3 rings (SSSR count). The third kappa shape index (κ3) is 2.48. The van der Waals surface area contributed by atoms with Crippen LogP contribution in [0.15, 0.2) is 35.6 Å². The Balaban J connectivity index is 2.00. The van der Waals surface area contributed by atoms with Crippen LogP contribution in [0.25, 0.3) is 10.9 Å². The third-order valence-electron chi connectivity index (χ3n) is 3.29. The molecule has 6 nitrogen and oxygen atoms in total. The SMILES string of the molecule is Cc1ncc(CO)c(C=Nc2ccc3[nH]ncc3c2)c1O. The molecular weight excluding hydrogens is 268 g/mol. The molecule has 21 heavy (non-hydrogen) atoms. The number of hydrogen-bond acceptors (Lipinski definition) is 5. The first-order valence-electron chi connectivity index (χ1n) is 6.44. The molecule has 0 saturated heterocycles. The van der Waals surface area contributed by atoms with Crippen molar-refractivity contribution < 1.29 is 10.2 Å². The number of rotatable bonds is 3. The lowest BCUT2D eigenvalue weighted by atomic mass is 10.1. The monoisotopic (exact) mass is 282 g/mol. The maximum atomic E-state index is 10.0. The van der Waals surface area contributed by atoms with Crippen LogP contribution in [0.5, 0.6) is 5.75 Å². The van der Waals surface area contributed by atoms with Crippen LogP contribution in [0.2, 0.25) is 0 Å². The first-order valence-corrected chi connectivity index (χ1v) is 6.44. The Morgan fingerprint density at radius 3 is 3.00 bits per heavy atom. The summed E-state index contributed by atoms with van der Waals surface area (Å²) in [7, 11) is 0. The normalized spacial score (nSPS) is 11.5. The van der Waals surface area contributed by atoms with Gasteiger partial charge in [-0.3, -0.25) is 15.1 Å². The van der Waals surface area contributed by atoms with E-state index in [0.717, 1.165) is 16.6 Å². The number of nitrogens with zero attached hydrogens (tertiary/aromatic N) is 3. The summed E-state index contributed by atoms with van der Waals surface area (Å²) in [6, 6.07) is 5.62. The zero-order valence-corrected chi connectivity index (χ0v) is 11.4. The van der Waals surface area contributed by atoms with E-state index in [1.54, 1.807) is 13.1 Å². The lowest BCUT2D eigenvalue weighted by Gasteiger charge is -2.06. The summed E-state index contributed by atoms with van der Waals surface area (Å²) in [6.45, 7) is 1.49. The number of aromatic nitrogens is 3. The molecule has 0 aliphatic heterocycles. The number of hydrogen-bond donors (Lipinski definition) is 3. The minimum atomic E-state index is -0.205. The van der Waals surface area contributed by atoms with E-state index in [1.807, 2.05) is 18.2 Å². The highest BCUT2D eigenvalue weighted by molar-refractivity contribution is 5.89. The van der Waals surface area contributed by atoms with E-state index >= 15 is 0 Å². The van der Waals surface area contributed by atoms with Gasteiger partial charge in [-0.1, -0.05) is 0 Å². The van der Waals surface area contributed by atoms with Crippen LogP contribution in [0.4, 0.5) is 5.69 Å². The van der Waals surface area contributed by atoms with Crippen molar-refractivity contribution >= 4 is 22.8 Å². The predicted octanol–water partition coefficient (Wildman–Crippen LogP) is 2.21. The van der Waals surface area contributed by atoms with E-state index < -0.39 is 0 Å². The van der Waals surface area contributed by atoms with Gasteiger partial charge < -0.3 is 10.2 Å². The molecule has 0 aliphatic carbocycles. The standard InChI is InChI=1S/C15H14N4O2/c1-9-15(21)13(11(8-20)5-16-9)7-17-12-2-3-14-10(4-12)6-18-19-14/h2-7,20-21H,8H2,1H3,(H,18,19). The van der Waals surface area contributed by atoms with E-state index in [0.29, 0.717) is 16.8 Å². The summed E-state index contributed by atoms with van der Waals surface area (Å²) in [5.41, 5.74) is 3.19. The Morgan fingerprint density at radius 2 is 2.19 bits per heavy atom. The summed E-state index contributed by atoms with van der Waals surface area (Å²) >= 11 is 0. The Kier molecular flexibility index (Phi) is 3.37. The number of H-pyrrole nitrogens is 1. The van der Waals surface area contributed by atoms with Gasteiger partial charge in [-0.2, -0.15) is 5.10 Å². The fraction of sp³-hybridized carbons (Fsp3) is 0.133. The number of aliphatic hydroxyl groups excluding tert-OH is 1. The molecule has 0 atom stereocenters. The molecule has 0 fully saturated rings. The Bertz CT molecular complexity index is 824.